The standard InChI is InChI=1S/C8H15O4/c1-3-5-10-6-7-12-8(9)11-4-2/h4H,3,5-7H2,1-2H3. The number of hydrogen-bond donors (Lipinski definition) is 0. The number of carbonyl (C=O) groups excluding carboxylic acids is 1. The van der Waals surface area contributed by atoms with E-state index in [0.29, 0.717) is 13.2 Å². The van der Waals surface area contributed by atoms with Gasteiger partial charge in [0.1, 0.15) is 13.2 Å². The molecule has 4 heteroatoms. The van der Waals surface area contributed by atoms with E-state index in [-0.39, 0.29) is 6.61 Å². The van der Waals surface area contributed by atoms with E-state index in [2.05, 4.69) is 9.47 Å². The monoisotopic (exact) mass is 175 g/mol. The van der Waals surface area contributed by atoms with Crippen LogP contribution in [0.2, 0.25) is 0 Å². The molecular weight excluding hydrogens is 160 g/mol. The zero-order chi connectivity index (χ0) is 9.23. The third-order valence-electron chi connectivity index (χ3n) is 1.01. The summed E-state index contributed by atoms with van der Waals surface area (Å²) >= 11 is 0. The maximum absolute atomic E-state index is 10.5. The van der Waals surface area contributed by atoms with E-state index < -0.39 is 6.16 Å². The molecule has 0 aliphatic carbocycles. The number of carbonyl (C=O) groups is 1. The van der Waals surface area contributed by atoms with Crippen molar-refractivity contribution in [3.05, 3.63) is 6.61 Å². The van der Waals surface area contributed by atoms with Crippen LogP contribution in [0.4, 0.5) is 4.79 Å². The lowest BCUT2D eigenvalue weighted by atomic mass is 10.5. The fourth-order valence-electron chi connectivity index (χ4n) is 0.561. The van der Waals surface area contributed by atoms with Gasteiger partial charge < -0.3 is 14.2 Å². The summed E-state index contributed by atoms with van der Waals surface area (Å²) in [5.74, 6) is 0. The van der Waals surface area contributed by atoms with E-state index in [1.807, 2.05) is 6.92 Å². The van der Waals surface area contributed by atoms with Crippen molar-refractivity contribution in [1.82, 2.24) is 0 Å². The highest BCUT2D eigenvalue weighted by molar-refractivity contribution is 5.60. The molecule has 0 fully saturated rings. The minimum absolute atomic E-state index is 0.243. The normalized spacial score (nSPS) is 9.50. The molecule has 0 saturated heterocycles. The predicted molar refractivity (Wildman–Crippen MR) is 43.5 cm³/mol. The molecule has 0 aliphatic rings. The summed E-state index contributed by atoms with van der Waals surface area (Å²) < 4.78 is 14.1. The van der Waals surface area contributed by atoms with Crippen molar-refractivity contribution in [1.29, 1.82) is 0 Å². The van der Waals surface area contributed by atoms with Crippen molar-refractivity contribution < 1.29 is 19.0 Å². The Labute approximate surface area is 72.8 Å². The van der Waals surface area contributed by atoms with Crippen molar-refractivity contribution in [2.45, 2.75) is 20.3 Å². The first-order valence-electron chi connectivity index (χ1n) is 4.00. The van der Waals surface area contributed by atoms with Crippen LogP contribution in [0.1, 0.15) is 20.3 Å². The molecule has 12 heavy (non-hydrogen) atoms. The molecule has 0 amide bonds. The van der Waals surface area contributed by atoms with Gasteiger partial charge in [0.05, 0.1) is 6.61 Å². The highest BCUT2D eigenvalue weighted by atomic mass is 16.7. The second kappa shape index (κ2) is 8.33. The summed E-state index contributed by atoms with van der Waals surface area (Å²) in [6.45, 7) is 6.25. The Morgan fingerprint density at radius 1 is 1.33 bits per heavy atom. The Morgan fingerprint density at radius 2 is 2.08 bits per heavy atom. The fraction of sp³-hybridized carbons (Fsp3) is 0.750. The average molecular weight is 175 g/mol. The van der Waals surface area contributed by atoms with Crippen LogP contribution < -0.4 is 0 Å². The zero-order valence-corrected chi connectivity index (χ0v) is 7.54. The summed E-state index contributed by atoms with van der Waals surface area (Å²) in [6.07, 6.45) is 0.283. The van der Waals surface area contributed by atoms with E-state index in [0.717, 1.165) is 6.42 Å². The smallest absolute Gasteiger partial charge is 0.432 e. The highest BCUT2D eigenvalue weighted by Gasteiger charge is 2.00. The lowest BCUT2D eigenvalue weighted by molar-refractivity contribution is 0.0391. The minimum atomic E-state index is -0.683. The zero-order valence-electron chi connectivity index (χ0n) is 7.54. The Hall–Kier alpha value is -0.770. The van der Waals surface area contributed by atoms with E-state index in [1.165, 1.54) is 6.61 Å². The first kappa shape index (κ1) is 11.2. The molecule has 0 unspecified atom stereocenters. The van der Waals surface area contributed by atoms with E-state index >= 15 is 0 Å². The van der Waals surface area contributed by atoms with E-state index in [9.17, 15) is 4.79 Å². The van der Waals surface area contributed by atoms with Gasteiger partial charge in [-0.1, -0.05) is 6.92 Å². The van der Waals surface area contributed by atoms with Gasteiger partial charge in [0.15, 0.2) is 0 Å². The number of ether oxygens (including phenoxy) is 3. The van der Waals surface area contributed by atoms with E-state index in [1.54, 1.807) is 6.92 Å². The van der Waals surface area contributed by atoms with Gasteiger partial charge in [-0.05, 0) is 13.3 Å². The molecule has 0 saturated carbocycles. The van der Waals surface area contributed by atoms with Crippen LogP contribution in [-0.4, -0.2) is 26.0 Å². The second-order valence-electron chi connectivity index (χ2n) is 2.06. The van der Waals surface area contributed by atoms with Crippen molar-refractivity contribution in [3.63, 3.8) is 0 Å². The van der Waals surface area contributed by atoms with Gasteiger partial charge in [-0.15, -0.1) is 0 Å². The first-order chi connectivity index (χ1) is 5.81. The molecule has 0 aromatic rings. The summed E-state index contributed by atoms with van der Waals surface area (Å²) in [7, 11) is 0. The summed E-state index contributed by atoms with van der Waals surface area (Å²) in [5.41, 5.74) is 0. The van der Waals surface area contributed by atoms with Gasteiger partial charge in [-0.3, -0.25) is 0 Å². The molecule has 0 aromatic heterocycles. The maximum Gasteiger partial charge on any atom is 0.508 e. The highest BCUT2D eigenvalue weighted by Crippen LogP contribution is 1.88. The molecule has 4 nitrogen and oxygen atoms in total. The van der Waals surface area contributed by atoms with Crippen molar-refractivity contribution in [2.75, 3.05) is 19.8 Å². The van der Waals surface area contributed by atoms with Crippen LogP contribution in [0, 0.1) is 6.61 Å². The number of hydrogen-bond acceptors (Lipinski definition) is 4. The topological polar surface area (TPSA) is 44.8 Å². The maximum atomic E-state index is 10.5. The lowest BCUT2D eigenvalue weighted by Crippen LogP contribution is -2.10. The van der Waals surface area contributed by atoms with Crippen LogP contribution in [-0.2, 0) is 14.2 Å². The third kappa shape index (κ3) is 7.34. The van der Waals surface area contributed by atoms with Gasteiger partial charge >= 0.3 is 6.16 Å². The van der Waals surface area contributed by atoms with Crippen LogP contribution in [0.15, 0.2) is 0 Å². The van der Waals surface area contributed by atoms with Gasteiger partial charge in [0, 0.05) is 6.61 Å². The predicted octanol–water partition coefficient (Wildman–Crippen LogP) is 1.75. The van der Waals surface area contributed by atoms with Crippen LogP contribution >= 0.6 is 0 Å². The SMILES string of the molecule is C[CH]OC(=O)OCCOCCC. The van der Waals surface area contributed by atoms with Crippen molar-refractivity contribution in [3.8, 4) is 0 Å². The molecule has 71 valence electrons. The molecule has 0 aliphatic heterocycles. The van der Waals surface area contributed by atoms with Crippen LogP contribution in [0.25, 0.3) is 0 Å². The first-order valence-corrected chi connectivity index (χ1v) is 4.00. The van der Waals surface area contributed by atoms with Crippen LogP contribution in [0.3, 0.4) is 0 Å². The summed E-state index contributed by atoms with van der Waals surface area (Å²) in [6, 6.07) is 0. The van der Waals surface area contributed by atoms with Crippen molar-refractivity contribution in [2.24, 2.45) is 0 Å². The van der Waals surface area contributed by atoms with Gasteiger partial charge in [0.2, 0.25) is 0 Å². The number of rotatable bonds is 6. The van der Waals surface area contributed by atoms with Gasteiger partial charge in [-0.2, -0.15) is 0 Å². The van der Waals surface area contributed by atoms with Crippen LogP contribution in [0.5, 0.6) is 0 Å². The van der Waals surface area contributed by atoms with Gasteiger partial charge in [-0.25, -0.2) is 4.79 Å². The fourth-order valence-corrected chi connectivity index (χ4v) is 0.561. The molecule has 0 atom stereocenters. The molecule has 1 radical (unpaired) electrons. The quantitative estimate of drug-likeness (QED) is 0.455. The average Bonchev–Trinajstić information content (AvgIpc) is 2.05. The third-order valence-corrected chi connectivity index (χ3v) is 1.01. The summed E-state index contributed by atoms with van der Waals surface area (Å²) in [4.78, 5) is 10.5. The minimum Gasteiger partial charge on any atom is -0.432 e. The molecule has 0 bridgehead atoms. The summed E-state index contributed by atoms with van der Waals surface area (Å²) in [5, 5.41) is 0. The molecular formula is C8H15O4. The van der Waals surface area contributed by atoms with Crippen molar-refractivity contribution >= 4 is 6.16 Å². The molecule has 0 aromatic carbocycles. The Bertz CT molecular complexity index is 114. The Morgan fingerprint density at radius 3 is 2.67 bits per heavy atom. The molecule has 0 rings (SSSR count). The Kier molecular flexibility index (Phi) is 7.79. The lowest BCUT2D eigenvalue weighted by Gasteiger charge is -2.03. The van der Waals surface area contributed by atoms with Gasteiger partial charge in [0.25, 0.3) is 0 Å². The van der Waals surface area contributed by atoms with E-state index in [4.69, 9.17) is 4.74 Å². The molecule has 0 heterocycles. The molecule has 0 spiro atoms. The largest absolute Gasteiger partial charge is 0.508 e. The molecule has 0 N–H and O–H groups in total. The Balaban J connectivity index is 3.03. The second-order valence-corrected chi connectivity index (χ2v) is 2.06.